The van der Waals surface area contributed by atoms with Crippen molar-refractivity contribution in [1.82, 2.24) is 31.4 Å². The van der Waals surface area contributed by atoms with Gasteiger partial charge in [0.15, 0.2) is 37.7 Å². The number of benzene rings is 4. The van der Waals surface area contributed by atoms with Gasteiger partial charge in [-0.05, 0) is 59.3 Å². The highest BCUT2D eigenvalue weighted by molar-refractivity contribution is 5.76. The van der Waals surface area contributed by atoms with E-state index in [0.29, 0.717) is 16.5 Å². The van der Waals surface area contributed by atoms with E-state index in [9.17, 15) is 69.8 Å². The number of nitrogens with zero attached hydrogens (tertiary/aromatic N) is 2. The van der Waals surface area contributed by atoms with E-state index >= 15 is 0 Å². The van der Waals surface area contributed by atoms with Crippen molar-refractivity contribution in [3.63, 3.8) is 0 Å². The average Bonchev–Trinajstić information content (AvgIpc) is 1.79. The summed E-state index contributed by atoms with van der Waals surface area (Å²) in [5.41, 5.74) is 38.8. The van der Waals surface area contributed by atoms with Crippen LogP contribution in [0, 0.1) is 17.8 Å². The van der Waals surface area contributed by atoms with E-state index < -0.39 is 239 Å². The first-order chi connectivity index (χ1) is 62.7. The molecular formula is C88H124N12O30. The highest BCUT2D eigenvalue weighted by Crippen LogP contribution is 2.42. The Balaban J connectivity index is 0.000000304. The predicted octanol–water partition coefficient (Wildman–Crippen LogP) is -0.111. The van der Waals surface area contributed by atoms with Gasteiger partial charge in [-0.25, -0.2) is 29.3 Å². The summed E-state index contributed by atoms with van der Waals surface area (Å²) in [6.07, 6.45) is -15.9. The monoisotopic (exact) mass is 1830 g/mol. The van der Waals surface area contributed by atoms with Gasteiger partial charge >= 0.3 is 24.4 Å². The number of amides is 6. The molecule has 42 nitrogen and oxygen atoms in total. The van der Waals surface area contributed by atoms with Gasteiger partial charge in [0.05, 0.1) is 87.7 Å². The molecule has 0 bridgehead atoms. The van der Waals surface area contributed by atoms with Gasteiger partial charge in [-0.2, -0.15) is 0 Å². The lowest BCUT2D eigenvalue weighted by molar-refractivity contribution is -0.291. The van der Waals surface area contributed by atoms with Crippen LogP contribution in [0.25, 0.3) is 0 Å². The highest BCUT2D eigenvalue weighted by atomic mass is 16.8. The first-order valence-corrected chi connectivity index (χ1v) is 43.5. The van der Waals surface area contributed by atoms with Crippen LogP contribution < -0.4 is 55.7 Å². The Morgan fingerprint density at radius 2 is 0.785 bits per heavy atom. The third-order valence-corrected chi connectivity index (χ3v) is 22.9. The summed E-state index contributed by atoms with van der Waals surface area (Å²) < 4.78 is 95.9. The molecule has 0 aromatic heterocycles. The minimum Gasteiger partial charge on any atom is -0.445 e. The molecule has 4 aromatic carbocycles. The number of nitrogens with one attached hydrogen (secondary N) is 4. The van der Waals surface area contributed by atoms with E-state index in [1.807, 2.05) is 67.6 Å². The summed E-state index contributed by atoms with van der Waals surface area (Å²) in [5, 5.41) is 101. The van der Waals surface area contributed by atoms with Crippen molar-refractivity contribution >= 4 is 36.2 Å². The minimum atomic E-state index is -1.75. The smallest absolute Gasteiger partial charge is 0.408 e. The van der Waals surface area contributed by atoms with Crippen LogP contribution in [0.1, 0.15) is 68.2 Å². The van der Waals surface area contributed by atoms with Gasteiger partial charge in [-0.3, -0.25) is 20.0 Å². The molecule has 30 atom stereocenters. The Labute approximate surface area is 751 Å². The molecule has 12 rings (SSSR count). The largest absolute Gasteiger partial charge is 0.445 e. The lowest BCUT2D eigenvalue weighted by Crippen LogP contribution is -2.62. The third kappa shape index (κ3) is 28.9. The number of aliphatic hydroxyl groups is 6. The molecular weight excluding hydrogens is 1710 g/mol. The van der Waals surface area contributed by atoms with Gasteiger partial charge < -0.3 is 162 Å². The first kappa shape index (κ1) is 101. The van der Waals surface area contributed by atoms with Crippen LogP contribution in [0.2, 0.25) is 0 Å². The van der Waals surface area contributed by atoms with E-state index in [0.717, 1.165) is 22.3 Å². The normalized spacial score (nSPS) is 33.3. The molecule has 2 saturated heterocycles. The number of hydrogen-bond acceptors (Lipinski definition) is 36. The van der Waals surface area contributed by atoms with E-state index in [2.05, 4.69) is 21.3 Å². The molecule has 0 spiro atoms. The molecule has 0 radical (unpaired) electrons. The number of nitrogens with two attached hydrogens (primary N) is 6. The zero-order valence-electron chi connectivity index (χ0n) is 72.1. The van der Waals surface area contributed by atoms with Crippen LogP contribution in [0.4, 0.5) is 19.2 Å². The molecule has 2 saturated carbocycles. The van der Waals surface area contributed by atoms with E-state index in [1.54, 1.807) is 116 Å². The van der Waals surface area contributed by atoms with Crippen molar-refractivity contribution in [3.05, 3.63) is 192 Å². The predicted molar refractivity (Wildman–Crippen MR) is 455 cm³/mol. The number of rotatable bonds is 38. The lowest BCUT2D eigenvalue weighted by Gasteiger charge is -2.46. The third-order valence-electron chi connectivity index (χ3n) is 22.9. The van der Waals surface area contributed by atoms with Crippen molar-refractivity contribution in [2.24, 2.45) is 52.2 Å². The highest BCUT2D eigenvalue weighted by Gasteiger charge is 2.56. The SMILES string of the molecule is CC[C@@H]1C=C[C@@H](NC(=O)OCc2ccccc2)[C@@H](O[C@H]2[C@H](O[C@@H]3O[C@H](CO)[C@@H](O[C@H]4O[C@@H](CNC(=O)OCc5ccccc5)C=C[C@H]4NC(=O)OCc4ccccc4)[C@H]3O)[C@@H](O)[C@H](CC(=O)N(O)CCNC(=O)OCc3ccccc3)C[C@@H]2C)O1.NCCN(O)C(=O)C[C@@H]1C[C@H](N)[C@@H](O[C@H]2O[C@H](CN)C=C[C@H]2N)[C@H](O[C@@H]2O[C@H](CO)[C@@H](O[C@H]3O[C@@H](CN)C=C[C@H]3N)[C@H]2O)[C@H]1O. The average molecular weight is 1830 g/mol. The Kier molecular flexibility index (Phi) is 39.5. The Bertz CT molecular complexity index is 4270. The molecule has 130 heavy (non-hydrogen) atoms. The summed E-state index contributed by atoms with van der Waals surface area (Å²) in [7, 11) is 0. The summed E-state index contributed by atoms with van der Waals surface area (Å²) in [6, 6.07) is 31.9. The molecule has 6 aliphatic heterocycles. The lowest BCUT2D eigenvalue weighted by atomic mass is 9.74. The zero-order valence-corrected chi connectivity index (χ0v) is 72.1. The van der Waals surface area contributed by atoms with Crippen LogP contribution >= 0.6 is 0 Å². The molecule has 2 aliphatic carbocycles. The number of hydroxylamine groups is 4. The minimum absolute atomic E-state index is 0.00634. The molecule has 24 N–H and O–H groups in total. The molecule has 0 unspecified atom stereocenters. The van der Waals surface area contributed by atoms with Crippen molar-refractivity contribution in [3.8, 4) is 0 Å². The van der Waals surface area contributed by atoms with Gasteiger partial charge in [0, 0.05) is 45.1 Å². The molecule has 6 amide bonds. The molecule has 6 heterocycles. The quantitative estimate of drug-likeness (QED) is 0.0120. The van der Waals surface area contributed by atoms with Gasteiger partial charge in [0.1, 0.15) is 93.4 Å². The fraction of sp³-hybridized carbons (Fsp3) is 0.568. The van der Waals surface area contributed by atoms with E-state index in [-0.39, 0.29) is 91.5 Å². The second-order valence-corrected chi connectivity index (χ2v) is 32.5. The number of ether oxygens (including phenoxy) is 16. The second kappa shape index (κ2) is 50.6. The van der Waals surface area contributed by atoms with Crippen molar-refractivity contribution in [2.45, 2.75) is 238 Å². The summed E-state index contributed by atoms with van der Waals surface area (Å²) in [6.45, 7) is 1.96. The fourth-order valence-electron chi connectivity index (χ4n) is 15.9. The Hall–Kier alpha value is -9.18. The second-order valence-electron chi connectivity index (χ2n) is 32.5. The van der Waals surface area contributed by atoms with Crippen molar-refractivity contribution in [1.29, 1.82) is 0 Å². The van der Waals surface area contributed by atoms with Crippen molar-refractivity contribution in [2.75, 3.05) is 59.0 Å². The molecule has 4 aromatic rings. The van der Waals surface area contributed by atoms with Gasteiger partial charge in [-0.1, -0.05) is 184 Å². The van der Waals surface area contributed by atoms with Gasteiger partial charge in [-0.15, -0.1) is 0 Å². The zero-order chi connectivity index (χ0) is 92.9. The topological polar surface area (TPSA) is 623 Å². The van der Waals surface area contributed by atoms with Gasteiger partial charge in [0.25, 0.3) is 0 Å². The summed E-state index contributed by atoms with van der Waals surface area (Å²) in [4.78, 5) is 78.1. The molecule has 42 heteroatoms. The number of hydrogen-bond donors (Lipinski definition) is 18. The van der Waals surface area contributed by atoms with Crippen LogP contribution in [0.15, 0.2) is 170 Å². The van der Waals surface area contributed by atoms with Crippen LogP contribution in [-0.4, -0.2) is 312 Å². The number of carbonyl (C=O) groups excluding carboxylic acids is 6. The Morgan fingerprint density at radius 3 is 1.22 bits per heavy atom. The number of aliphatic hydroxyl groups excluding tert-OH is 6. The van der Waals surface area contributed by atoms with E-state index in [1.165, 1.54) is 0 Å². The standard InChI is InChI=1S/C61H75N5O19.C27H49N7O11/c1-3-44-24-26-46(64-60(73)78-36-41-20-12-6-13-21-41)55(80-44)83-52-38(2)30-43(31-49(68)66(75)29-28-62-58(71)76-34-39-16-8-4-9-17-39)50(69)54(52)85-57-51(70)53(48(33-67)82-57)84-56-47(65-61(74)79-37-42-22-14-7-15-23-42)27-25-45(81-56)32-63-59(72)77-35-40-18-10-5-11-19-40;28-5-6-34(39)19(36)8-12-7-17(33)22(43-25-15(31)3-1-13(9-29)40-25)24(20(12)37)45-27-21(38)23(18(11-35)42-27)44-26-16(32)4-2-14(10-30)41-26/h4-27,38,43-48,50-57,67,69-70,75H,3,28-37H2,1-2H3,(H,62,71)(H,63,72)(H,64,73)(H,65,74);1-4,12-18,20-27,35,37-39H,5-11,28-33H2/t38-,43-,44+,45+,46+,47+,48+,50-,51+,52+,53+,54+,55+,56+,57-;12-,13-,14+,15+,16+,17-,18+,20-,21+,22+,23+,24+,25+,26+,27-/m00/s1. The molecule has 716 valence electrons. The maximum atomic E-state index is 13.7. The maximum Gasteiger partial charge on any atom is 0.408 e. The summed E-state index contributed by atoms with van der Waals surface area (Å²) >= 11 is 0. The van der Waals surface area contributed by atoms with Gasteiger partial charge in [0.2, 0.25) is 11.8 Å². The number of carbonyl (C=O) groups is 6. The maximum absolute atomic E-state index is 13.7. The van der Waals surface area contributed by atoms with Crippen LogP contribution in [0.5, 0.6) is 0 Å². The van der Waals surface area contributed by atoms with Crippen LogP contribution in [-0.2, 0) is 112 Å². The number of alkyl carbamates (subject to hydrolysis) is 4. The van der Waals surface area contributed by atoms with Crippen LogP contribution in [0.3, 0.4) is 0 Å². The molecule has 4 fully saturated rings. The first-order valence-electron chi connectivity index (χ1n) is 43.5. The Morgan fingerprint density at radius 1 is 0.415 bits per heavy atom. The van der Waals surface area contributed by atoms with E-state index in [4.69, 9.17) is 110 Å². The van der Waals surface area contributed by atoms with Crippen molar-refractivity contribution < 1.29 is 146 Å². The molecule has 8 aliphatic rings. The summed E-state index contributed by atoms with van der Waals surface area (Å²) in [5.74, 6) is -3.76. The fourth-order valence-corrected chi connectivity index (χ4v) is 15.9.